The summed E-state index contributed by atoms with van der Waals surface area (Å²) in [5.74, 6) is -0.305. The first-order valence-electron chi connectivity index (χ1n) is 8.41. The van der Waals surface area contributed by atoms with Crippen LogP contribution >= 0.6 is 0 Å². The van der Waals surface area contributed by atoms with Gasteiger partial charge in [-0.2, -0.15) is 0 Å². The third-order valence-electron chi connectivity index (χ3n) is 4.86. The normalized spacial score (nSPS) is 21.6. The molecular weight excluding hydrogens is 292 g/mol. The molecule has 0 aliphatic carbocycles. The van der Waals surface area contributed by atoms with Gasteiger partial charge in [-0.05, 0) is 63.0 Å². The molecule has 0 bridgehead atoms. The van der Waals surface area contributed by atoms with Crippen molar-refractivity contribution in [2.75, 3.05) is 33.3 Å². The smallest absolute Gasteiger partial charge is 0.337 e. The lowest BCUT2D eigenvalue weighted by Gasteiger charge is -2.28. The van der Waals surface area contributed by atoms with Gasteiger partial charge in [0.05, 0.1) is 12.7 Å². The van der Waals surface area contributed by atoms with Crippen LogP contribution in [0, 0.1) is 0 Å². The maximum absolute atomic E-state index is 12.8. The minimum absolute atomic E-state index is 0.0723. The number of benzene rings is 1. The molecule has 0 aromatic heterocycles. The fraction of sp³-hybridized carbons (Fsp3) is 0.556. The largest absolute Gasteiger partial charge is 0.465 e. The molecule has 2 saturated heterocycles. The number of methoxy groups -OCH3 is 1. The number of rotatable bonds is 4. The number of carbonyl (C=O) groups is 2. The highest BCUT2D eigenvalue weighted by molar-refractivity contribution is 5.96. The number of hydrogen-bond acceptors (Lipinski definition) is 4. The highest BCUT2D eigenvalue weighted by Gasteiger charge is 2.31. The molecule has 2 fully saturated rings. The van der Waals surface area contributed by atoms with E-state index in [4.69, 9.17) is 0 Å². The molecule has 1 aromatic carbocycles. The Morgan fingerprint density at radius 1 is 1.04 bits per heavy atom. The molecule has 0 radical (unpaired) electrons. The summed E-state index contributed by atoms with van der Waals surface area (Å²) in [7, 11) is 1.36. The molecule has 0 N–H and O–H groups in total. The zero-order valence-electron chi connectivity index (χ0n) is 13.7. The van der Waals surface area contributed by atoms with E-state index >= 15 is 0 Å². The number of hydrogen-bond donors (Lipinski definition) is 0. The Hall–Kier alpha value is -1.88. The van der Waals surface area contributed by atoms with Crippen molar-refractivity contribution in [1.29, 1.82) is 0 Å². The van der Waals surface area contributed by atoms with Crippen LogP contribution in [0.25, 0.3) is 0 Å². The number of carbonyl (C=O) groups excluding carboxylic acids is 2. The molecule has 1 aromatic rings. The Labute approximate surface area is 137 Å². The van der Waals surface area contributed by atoms with E-state index in [0.717, 1.165) is 39.0 Å². The van der Waals surface area contributed by atoms with Gasteiger partial charge >= 0.3 is 5.97 Å². The van der Waals surface area contributed by atoms with Crippen LogP contribution in [0.5, 0.6) is 0 Å². The van der Waals surface area contributed by atoms with Crippen molar-refractivity contribution in [3.8, 4) is 0 Å². The van der Waals surface area contributed by atoms with Crippen molar-refractivity contribution in [1.82, 2.24) is 9.80 Å². The highest BCUT2D eigenvalue weighted by atomic mass is 16.5. The molecule has 2 heterocycles. The average Bonchev–Trinajstić information content (AvgIpc) is 3.26. The van der Waals surface area contributed by atoms with Crippen molar-refractivity contribution in [2.24, 2.45) is 0 Å². The van der Waals surface area contributed by atoms with Crippen molar-refractivity contribution in [2.45, 2.75) is 31.7 Å². The molecular formula is C18H24N2O3. The number of nitrogens with zero attached hydrogens (tertiary/aromatic N) is 2. The predicted molar refractivity (Wildman–Crippen MR) is 87.5 cm³/mol. The minimum Gasteiger partial charge on any atom is -0.465 e. The van der Waals surface area contributed by atoms with Gasteiger partial charge in [0.1, 0.15) is 0 Å². The molecule has 3 rings (SSSR count). The van der Waals surface area contributed by atoms with Crippen LogP contribution in [0.15, 0.2) is 24.3 Å². The lowest BCUT2D eigenvalue weighted by Crippen LogP contribution is -2.42. The van der Waals surface area contributed by atoms with E-state index in [0.29, 0.717) is 17.2 Å². The first-order chi connectivity index (χ1) is 11.2. The van der Waals surface area contributed by atoms with Crippen molar-refractivity contribution < 1.29 is 14.3 Å². The molecule has 2 aliphatic heterocycles. The zero-order valence-corrected chi connectivity index (χ0v) is 13.7. The first-order valence-corrected chi connectivity index (χ1v) is 8.41. The van der Waals surface area contributed by atoms with Gasteiger partial charge in [0, 0.05) is 24.7 Å². The fourth-order valence-corrected chi connectivity index (χ4v) is 3.59. The van der Waals surface area contributed by atoms with Gasteiger partial charge in [-0.15, -0.1) is 0 Å². The Kier molecular flexibility index (Phi) is 4.96. The zero-order chi connectivity index (χ0) is 16.2. The van der Waals surface area contributed by atoms with Crippen molar-refractivity contribution >= 4 is 11.9 Å². The maximum Gasteiger partial charge on any atom is 0.337 e. The van der Waals surface area contributed by atoms with Crippen molar-refractivity contribution in [3.63, 3.8) is 0 Å². The minimum atomic E-state index is -0.378. The number of esters is 1. The molecule has 124 valence electrons. The third kappa shape index (κ3) is 3.55. The number of amides is 1. The quantitative estimate of drug-likeness (QED) is 0.799. The van der Waals surface area contributed by atoms with Crippen LogP contribution in [-0.4, -0.2) is 61.0 Å². The number of likely N-dealkylation sites (tertiary alicyclic amines) is 2. The van der Waals surface area contributed by atoms with E-state index in [1.54, 1.807) is 24.3 Å². The summed E-state index contributed by atoms with van der Waals surface area (Å²) in [4.78, 5) is 28.7. The van der Waals surface area contributed by atoms with Crippen LogP contribution in [0.1, 0.15) is 46.4 Å². The van der Waals surface area contributed by atoms with Crippen LogP contribution in [0.4, 0.5) is 0 Å². The fourth-order valence-electron chi connectivity index (χ4n) is 3.59. The Morgan fingerprint density at radius 2 is 1.70 bits per heavy atom. The summed E-state index contributed by atoms with van der Waals surface area (Å²) in [5.41, 5.74) is 1.12. The SMILES string of the molecule is COC(=O)c1ccc(C(=O)N2CCCC2CN2CCCC2)cc1. The van der Waals surface area contributed by atoms with E-state index in [1.807, 2.05) is 4.90 Å². The maximum atomic E-state index is 12.8. The second kappa shape index (κ2) is 7.13. The lowest BCUT2D eigenvalue weighted by molar-refractivity contribution is 0.0599. The van der Waals surface area contributed by atoms with E-state index in [2.05, 4.69) is 9.64 Å². The van der Waals surface area contributed by atoms with Gasteiger partial charge in [0.2, 0.25) is 0 Å². The van der Waals surface area contributed by atoms with E-state index < -0.39 is 0 Å². The summed E-state index contributed by atoms with van der Waals surface area (Å²) in [6.45, 7) is 4.14. The van der Waals surface area contributed by atoms with Gasteiger partial charge in [-0.25, -0.2) is 4.79 Å². The van der Waals surface area contributed by atoms with E-state index in [9.17, 15) is 9.59 Å². The molecule has 5 nitrogen and oxygen atoms in total. The standard InChI is InChI=1S/C18H24N2O3/c1-23-18(22)15-8-6-14(7-9-15)17(21)20-12-4-5-16(20)13-19-10-2-3-11-19/h6-9,16H,2-5,10-13H2,1H3. The van der Waals surface area contributed by atoms with Crippen molar-refractivity contribution in [3.05, 3.63) is 35.4 Å². The third-order valence-corrected chi connectivity index (χ3v) is 4.86. The van der Waals surface area contributed by atoms with Gasteiger partial charge in [-0.3, -0.25) is 4.79 Å². The second-order valence-corrected chi connectivity index (χ2v) is 6.37. The predicted octanol–water partition coefficient (Wildman–Crippen LogP) is 2.17. The molecule has 1 atom stereocenters. The summed E-state index contributed by atoms with van der Waals surface area (Å²) in [6.07, 6.45) is 4.71. The molecule has 2 aliphatic rings. The Morgan fingerprint density at radius 3 is 2.35 bits per heavy atom. The summed E-state index contributed by atoms with van der Waals surface area (Å²) < 4.78 is 4.69. The molecule has 1 amide bonds. The van der Waals surface area contributed by atoms with Gasteiger partial charge < -0.3 is 14.5 Å². The Balaban J connectivity index is 1.67. The summed E-state index contributed by atoms with van der Waals surface area (Å²) in [6, 6.07) is 7.08. The highest BCUT2D eigenvalue weighted by Crippen LogP contribution is 2.22. The van der Waals surface area contributed by atoms with Gasteiger partial charge in [0.25, 0.3) is 5.91 Å². The second-order valence-electron chi connectivity index (χ2n) is 6.37. The molecule has 0 saturated carbocycles. The van der Waals surface area contributed by atoms with Gasteiger partial charge in [0.15, 0.2) is 0 Å². The lowest BCUT2D eigenvalue weighted by atomic mass is 10.1. The first kappa shape index (κ1) is 16.0. The molecule has 0 spiro atoms. The average molecular weight is 316 g/mol. The van der Waals surface area contributed by atoms with E-state index in [-0.39, 0.29) is 11.9 Å². The number of ether oxygens (including phenoxy) is 1. The monoisotopic (exact) mass is 316 g/mol. The van der Waals surface area contributed by atoms with Crippen LogP contribution < -0.4 is 0 Å². The molecule has 5 heteroatoms. The molecule has 23 heavy (non-hydrogen) atoms. The van der Waals surface area contributed by atoms with Crippen LogP contribution in [0.3, 0.4) is 0 Å². The van der Waals surface area contributed by atoms with Gasteiger partial charge in [-0.1, -0.05) is 0 Å². The molecule has 1 unspecified atom stereocenters. The van der Waals surface area contributed by atoms with Crippen LogP contribution in [0.2, 0.25) is 0 Å². The van der Waals surface area contributed by atoms with E-state index in [1.165, 1.54) is 20.0 Å². The van der Waals surface area contributed by atoms with Crippen LogP contribution in [-0.2, 0) is 4.74 Å². The summed E-state index contributed by atoms with van der Waals surface area (Å²) >= 11 is 0. The summed E-state index contributed by atoms with van der Waals surface area (Å²) in [5, 5.41) is 0. The topological polar surface area (TPSA) is 49.9 Å². The Bertz CT molecular complexity index is 564.